The summed E-state index contributed by atoms with van der Waals surface area (Å²) in [5, 5.41) is 23.8. The Morgan fingerprint density at radius 2 is 2.07 bits per heavy atom. The number of guanidine groups is 1. The molecule has 0 saturated heterocycles. The fourth-order valence-corrected chi connectivity index (χ4v) is 3.06. The zero-order valence-corrected chi connectivity index (χ0v) is 15.4. The molecule has 9 nitrogen and oxygen atoms in total. The van der Waals surface area contributed by atoms with Crippen LogP contribution in [0.25, 0.3) is 0 Å². The molecule has 9 heteroatoms. The summed E-state index contributed by atoms with van der Waals surface area (Å²) in [4.78, 5) is 8.85. The van der Waals surface area contributed by atoms with E-state index in [1.54, 1.807) is 0 Å². The maximum absolute atomic E-state index is 9.41. The number of anilines is 3. The van der Waals surface area contributed by atoms with Crippen molar-refractivity contribution in [3.05, 3.63) is 46.5 Å². The molecule has 142 valence electrons. The molecule has 1 unspecified atom stereocenters. The molecule has 0 saturated carbocycles. The van der Waals surface area contributed by atoms with E-state index in [9.17, 15) is 5.26 Å². The van der Waals surface area contributed by atoms with Gasteiger partial charge in [0.05, 0.1) is 12.3 Å². The largest absolute Gasteiger partial charge is 0.397 e. The van der Waals surface area contributed by atoms with Crippen LogP contribution in [0.1, 0.15) is 41.6 Å². The number of nitrogens with two attached hydrogens (primary N) is 2. The fourth-order valence-electron chi connectivity index (χ4n) is 3.06. The van der Waals surface area contributed by atoms with Gasteiger partial charge in [0.25, 0.3) is 0 Å². The van der Waals surface area contributed by atoms with Crippen LogP contribution in [-0.2, 0) is 11.3 Å². The standard InChI is InChI=1S/C19H20N8O/c1-2-7-28-9-11-5-3-4-6-12(11)16-14-15(22)13(8-20)17(23)26-18(14)27-19(25-16)24-10-21/h3-6,16H,2,7,9H2,1H3,(H6,22,23,24,25,26,27). The number of nitrogens with zero attached hydrogens (tertiary/aromatic N) is 4. The first-order valence-corrected chi connectivity index (χ1v) is 8.75. The topological polar surface area (TPSA) is 158 Å². The van der Waals surface area contributed by atoms with Crippen LogP contribution in [0.3, 0.4) is 0 Å². The molecule has 0 radical (unpaired) electrons. The molecule has 0 aliphatic carbocycles. The van der Waals surface area contributed by atoms with Crippen LogP contribution in [0.2, 0.25) is 0 Å². The second kappa shape index (κ2) is 8.25. The number of rotatable bonds is 5. The molecular formula is C19H20N8O. The second-order valence-corrected chi connectivity index (χ2v) is 6.15. The van der Waals surface area contributed by atoms with Crippen molar-refractivity contribution in [2.45, 2.75) is 26.0 Å². The minimum Gasteiger partial charge on any atom is -0.397 e. The molecular weight excluding hydrogens is 356 g/mol. The van der Waals surface area contributed by atoms with E-state index in [1.165, 1.54) is 0 Å². The van der Waals surface area contributed by atoms with Gasteiger partial charge >= 0.3 is 0 Å². The number of hydrogen-bond acceptors (Lipinski definition) is 9. The average Bonchev–Trinajstić information content (AvgIpc) is 2.68. The quantitative estimate of drug-likeness (QED) is 0.350. The van der Waals surface area contributed by atoms with Gasteiger partial charge in [-0.1, -0.05) is 31.2 Å². The molecule has 0 bridgehead atoms. The van der Waals surface area contributed by atoms with Crippen molar-refractivity contribution in [1.29, 1.82) is 10.5 Å². The Balaban J connectivity index is 2.16. The Kier molecular flexibility index (Phi) is 5.58. The molecule has 0 amide bonds. The fraction of sp³-hybridized carbons (Fsp3) is 0.263. The van der Waals surface area contributed by atoms with Crippen molar-refractivity contribution in [3.63, 3.8) is 0 Å². The van der Waals surface area contributed by atoms with E-state index in [4.69, 9.17) is 21.5 Å². The predicted octanol–water partition coefficient (Wildman–Crippen LogP) is 1.99. The maximum Gasteiger partial charge on any atom is 0.211 e. The van der Waals surface area contributed by atoms with Gasteiger partial charge in [-0.3, -0.25) is 5.32 Å². The van der Waals surface area contributed by atoms with Crippen LogP contribution in [-0.4, -0.2) is 17.6 Å². The number of hydrogen-bond donors (Lipinski definition) is 4. The normalized spacial score (nSPS) is 14.8. The molecule has 6 N–H and O–H groups in total. The van der Waals surface area contributed by atoms with Gasteiger partial charge in [0.15, 0.2) is 6.19 Å². The van der Waals surface area contributed by atoms with Crippen LogP contribution in [0.4, 0.5) is 17.3 Å². The van der Waals surface area contributed by atoms with Crippen LogP contribution in [0, 0.1) is 22.8 Å². The number of fused-ring (bicyclic) bond motifs is 1. The molecule has 1 aliphatic rings. The van der Waals surface area contributed by atoms with Crippen LogP contribution >= 0.6 is 0 Å². The summed E-state index contributed by atoms with van der Waals surface area (Å²) in [5.74, 6) is 0.596. The van der Waals surface area contributed by atoms with Crippen LogP contribution in [0.5, 0.6) is 0 Å². The highest BCUT2D eigenvalue weighted by atomic mass is 16.5. The first kappa shape index (κ1) is 19.0. The summed E-state index contributed by atoms with van der Waals surface area (Å²) in [6, 6.07) is 9.09. The number of pyridine rings is 1. The van der Waals surface area contributed by atoms with E-state index in [2.05, 4.69) is 20.6 Å². The zero-order valence-electron chi connectivity index (χ0n) is 15.4. The van der Waals surface area contributed by atoms with Gasteiger partial charge < -0.3 is 21.5 Å². The van der Waals surface area contributed by atoms with Crippen molar-refractivity contribution in [2.75, 3.05) is 23.4 Å². The van der Waals surface area contributed by atoms with Crippen molar-refractivity contribution in [1.82, 2.24) is 10.3 Å². The lowest BCUT2D eigenvalue weighted by Crippen LogP contribution is -2.33. The van der Waals surface area contributed by atoms with Crippen molar-refractivity contribution >= 4 is 23.3 Å². The molecule has 3 rings (SSSR count). The van der Waals surface area contributed by atoms with Gasteiger partial charge in [-0.2, -0.15) is 10.5 Å². The summed E-state index contributed by atoms with van der Waals surface area (Å²) in [6.45, 7) is 3.09. The summed E-state index contributed by atoms with van der Waals surface area (Å²) < 4.78 is 5.71. The number of nitrogens with one attached hydrogen (secondary N) is 2. The molecule has 1 aromatic carbocycles. The Morgan fingerprint density at radius 3 is 2.79 bits per heavy atom. The molecule has 28 heavy (non-hydrogen) atoms. The first-order valence-electron chi connectivity index (χ1n) is 8.75. The first-order chi connectivity index (χ1) is 13.6. The lowest BCUT2D eigenvalue weighted by atomic mass is 9.92. The van der Waals surface area contributed by atoms with Gasteiger partial charge in [-0.25, -0.2) is 9.98 Å². The zero-order chi connectivity index (χ0) is 20.1. The lowest BCUT2D eigenvalue weighted by Gasteiger charge is -2.27. The number of aliphatic imine (C=N–C) groups is 1. The number of ether oxygens (including phenoxy) is 1. The molecule has 1 atom stereocenters. The van der Waals surface area contributed by atoms with E-state index in [1.807, 2.05) is 43.5 Å². The van der Waals surface area contributed by atoms with Crippen molar-refractivity contribution in [2.24, 2.45) is 4.99 Å². The number of nitrogen functional groups attached to an aromatic ring is 2. The maximum atomic E-state index is 9.41. The highest BCUT2D eigenvalue weighted by molar-refractivity contribution is 5.98. The number of nitriles is 2. The van der Waals surface area contributed by atoms with Gasteiger partial charge in [-0.05, 0) is 17.5 Å². The third-order valence-electron chi connectivity index (χ3n) is 4.31. The third kappa shape index (κ3) is 3.52. The average molecular weight is 376 g/mol. The van der Waals surface area contributed by atoms with Crippen molar-refractivity contribution in [3.8, 4) is 12.3 Å². The molecule has 1 aliphatic heterocycles. The molecule has 0 fully saturated rings. The van der Waals surface area contributed by atoms with E-state index in [0.29, 0.717) is 24.6 Å². The lowest BCUT2D eigenvalue weighted by molar-refractivity contribution is 0.121. The van der Waals surface area contributed by atoms with Crippen LogP contribution < -0.4 is 22.1 Å². The minimum atomic E-state index is -0.575. The highest BCUT2D eigenvalue weighted by Crippen LogP contribution is 2.41. The van der Waals surface area contributed by atoms with Crippen LogP contribution in [0.15, 0.2) is 29.3 Å². The molecule has 2 heterocycles. The second-order valence-electron chi connectivity index (χ2n) is 6.15. The summed E-state index contributed by atoms with van der Waals surface area (Å²) in [5.41, 5.74) is 14.8. The molecule has 0 spiro atoms. The Labute approximate surface area is 162 Å². The predicted molar refractivity (Wildman–Crippen MR) is 106 cm³/mol. The van der Waals surface area contributed by atoms with Gasteiger partial charge in [-0.15, -0.1) is 0 Å². The van der Waals surface area contributed by atoms with E-state index >= 15 is 0 Å². The van der Waals surface area contributed by atoms with Gasteiger partial charge in [0.2, 0.25) is 5.96 Å². The molecule has 1 aromatic heterocycles. The Morgan fingerprint density at radius 1 is 1.29 bits per heavy atom. The van der Waals surface area contributed by atoms with Crippen molar-refractivity contribution < 1.29 is 4.74 Å². The smallest absolute Gasteiger partial charge is 0.211 e. The Hall–Kier alpha value is -3.82. The third-order valence-corrected chi connectivity index (χ3v) is 4.31. The van der Waals surface area contributed by atoms with Gasteiger partial charge in [0.1, 0.15) is 29.3 Å². The summed E-state index contributed by atoms with van der Waals surface area (Å²) in [7, 11) is 0. The van der Waals surface area contributed by atoms with E-state index in [0.717, 1.165) is 17.5 Å². The Bertz CT molecular complexity index is 1000. The minimum absolute atomic E-state index is 0.0165. The van der Waals surface area contributed by atoms with E-state index < -0.39 is 6.04 Å². The molecule has 2 aromatic rings. The summed E-state index contributed by atoms with van der Waals surface area (Å²) in [6.07, 6.45) is 2.75. The van der Waals surface area contributed by atoms with Gasteiger partial charge in [0, 0.05) is 12.2 Å². The SMILES string of the molecule is CCCOCc1ccccc1C1N=C(NC#N)Nc2nc(N)c(C#N)c(N)c21. The highest BCUT2D eigenvalue weighted by Gasteiger charge is 2.30. The summed E-state index contributed by atoms with van der Waals surface area (Å²) >= 11 is 0. The monoisotopic (exact) mass is 376 g/mol. The number of benzene rings is 1. The van der Waals surface area contributed by atoms with E-state index in [-0.39, 0.29) is 23.0 Å². The number of aromatic nitrogens is 1.